The lowest BCUT2D eigenvalue weighted by Gasteiger charge is -2.51. The Bertz CT molecular complexity index is 797. The van der Waals surface area contributed by atoms with Gasteiger partial charge in [0.1, 0.15) is 11.9 Å². The third-order valence-corrected chi connectivity index (χ3v) is 6.68. The summed E-state index contributed by atoms with van der Waals surface area (Å²) in [5.74, 6) is -1.12. The van der Waals surface area contributed by atoms with E-state index in [1.54, 1.807) is 23.1 Å². The van der Waals surface area contributed by atoms with E-state index >= 15 is 0 Å². The topological polar surface area (TPSA) is 102 Å². The quantitative estimate of drug-likeness (QED) is 0.769. The molecule has 0 spiro atoms. The third-order valence-electron chi connectivity index (χ3n) is 6.45. The molecule has 2 heterocycles. The van der Waals surface area contributed by atoms with Gasteiger partial charge in [0, 0.05) is 36.4 Å². The number of nitrogens with two attached hydrogens (primary N) is 1. The number of likely N-dealkylation sites (tertiary alicyclic amines) is 1. The molecule has 0 aromatic heterocycles. The van der Waals surface area contributed by atoms with Crippen LogP contribution < -0.4 is 10.5 Å². The molecular formula is C21H27ClN2O5. The van der Waals surface area contributed by atoms with E-state index in [4.69, 9.17) is 26.8 Å². The van der Waals surface area contributed by atoms with Crippen LogP contribution in [0.4, 0.5) is 4.79 Å². The molecule has 1 aromatic rings. The molecule has 8 heteroatoms. The Morgan fingerprint density at radius 3 is 2.79 bits per heavy atom. The second kappa shape index (κ2) is 8.03. The average Bonchev–Trinajstić information content (AvgIpc) is 2.68. The monoisotopic (exact) mass is 422 g/mol. The minimum atomic E-state index is -1.03. The van der Waals surface area contributed by atoms with Crippen LogP contribution in [-0.4, -0.2) is 47.0 Å². The van der Waals surface area contributed by atoms with Gasteiger partial charge in [-0.2, -0.15) is 0 Å². The van der Waals surface area contributed by atoms with Gasteiger partial charge in [-0.1, -0.05) is 18.0 Å². The van der Waals surface area contributed by atoms with Crippen molar-refractivity contribution in [2.24, 2.45) is 11.7 Å². The number of nitrogens with zero attached hydrogens (tertiary/aromatic N) is 1. The summed E-state index contributed by atoms with van der Waals surface area (Å²) >= 11 is 6.16. The van der Waals surface area contributed by atoms with Crippen molar-refractivity contribution in [3.8, 4) is 5.75 Å². The number of fused-ring (bicyclic) bond motifs is 2. The molecular weight excluding hydrogens is 396 g/mol. The highest BCUT2D eigenvalue weighted by Gasteiger charge is 2.52. The van der Waals surface area contributed by atoms with Crippen molar-refractivity contribution in [1.29, 1.82) is 0 Å². The van der Waals surface area contributed by atoms with Crippen LogP contribution in [0.5, 0.6) is 5.75 Å². The van der Waals surface area contributed by atoms with Crippen LogP contribution in [0.1, 0.15) is 56.4 Å². The van der Waals surface area contributed by atoms with Gasteiger partial charge in [0.15, 0.2) is 5.72 Å². The van der Waals surface area contributed by atoms with Crippen LogP contribution in [0.3, 0.4) is 0 Å². The first-order valence-corrected chi connectivity index (χ1v) is 10.7. The molecule has 1 aliphatic carbocycles. The van der Waals surface area contributed by atoms with Crippen LogP contribution in [-0.2, 0) is 9.53 Å². The van der Waals surface area contributed by atoms with Gasteiger partial charge in [0.05, 0.1) is 6.42 Å². The molecule has 1 saturated heterocycles. The number of halogens is 1. The van der Waals surface area contributed by atoms with Crippen LogP contribution in [0.25, 0.3) is 0 Å². The zero-order chi connectivity index (χ0) is 20.6. The maximum absolute atomic E-state index is 12.8. The Labute approximate surface area is 175 Å². The van der Waals surface area contributed by atoms with E-state index in [1.807, 2.05) is 0 Å². The first-order valence-electron chi connectivity index (χ1n) is 10.3. The first kappa shape index (κ1) is 20.3. The number of ether oxygens (including phenoxy) is 2. The Hall–Kier alpha value is -1.99. The fourth-order valence-corrected chi connectivity index (χ4v) is 5.08. The van der Waals surface area contributed by atoms with Gasteiger partial charge in [0.25, 0.3) is 0 Å². The Morgan fingerprint density at radius 2 is 2.07 bits per heavy atom. The van der Waals surface area contributed by atoms with E-state index in [2.05, 4.69) is 0 Å². The number of carboxylic acids is 1. The molecule has 1 aromatic carbocycles. The normalized spacial score (nSPS) is 29.4. The average molecular weight is 423 g/mol. The van der Waals surface area contributed by atoms with Gasteiger partial charge in [-0.15, -0.1) is 0 Å². The molecule has 0 radical (unpaired) electrons. The minimum Gasteiger partial charge on any atom is -0.481 e. The summed E-state index contributed by atoms with van der Waals surface area (Å²) in [5, 5.41) is 10.0. The predicted octanol–water partition coefficient (Wildman–Crippen LogP) is 3.74. The highest BCUT2D eigenvalue weighted by molar-refractivity contribution is 6.30. The van der Waals surface area contributed by atoms with Gasteiger partial charge < -0.3 is 19.5 Å². The van der Waals surface area contributed by atoms with Crippen LogP contribution in [0.2, 0.25) is 5.02 Å². The van der Waals surface area contributed by atoms with Gasteiger partial charge in [-0.05, 0) is 49.4 Å². The van der Waals surface area contributed by atoms with Gasteiger partial charge in [-0.25, -0.2) is 4.79 Å². The van der Waals surface area contributed by atoms with Gasteiger partial charge in [-0.3, -0.25) is 10.5 Å². The van der Waals surface area contributed by atoms with Crippen LogP contribution >= 0.6 is 11.6 Å². The Kier molecular flexibility index (Phi) is 5.62. The number of amides is 1. The summed E-state index contributed by atoms with van der Waals surface area (Å²) in [6.45, 7) is 0.715. The number of hydrogen-bond acceptors (Lipinski definition) is 5. The van der Waals surface area contributed by atoms with Crippen molar-refractivity contribution < 1.29 is 24.2 Å². The van der Waals surface area contributed by atoms with E-state index in [-0.39, 0.29) is 24.5 Å². The second-order valence-corrected chi connectivity index (χ2v) is 8.83. The Morgan fingerprint density at radius 1 is 1.31 bits per heavy atom. The molecule has 3 N–H and O–H groups in total. The number of piperidine rings is 1. The Balaban J connectivity index is 1.56. The molecule has 158 valence electrons. The van der Waals surface area contributed by atoms with Crippen molar-refractivity contribution in [2.75, 3.05) is 13.1 Å². The number of carboxylic acid groups (broad SMARTS) is 1. The largest absolute Gasteiger partial charge is 0.481 e. The molecule has 2 aliphatic heterocycles. The maximum Gasteiger partial charge on any atom is 0.410 e. The maximum atomic E-state index is 12.8. The molecule has 0 bridgehead atoms. The van der Waals surface area contributed by atoms with Crippen LogP contribution in [0.15, 0.2) is 18.2 Å². The molecule has 2 fully saturated rings. The summed E-state index contributed by atoms with van der Waals surface area (Å²) in [4.78, 5) is 26.0. The molecule has 1 amide bonds. The highest BCUT2D eigenvalue weighted by atomic mass is 35.5. The molecule has 3 aliphatic rings. The van der Waals surface area contributed by atoms with Gasteiger partial charge in [0.2, 0.25) is 0 Å². The molecule has 4 rings (SSSR count). The van der Waals surface area contributed by atoms with Crippen molar-refractivity contribution in [3.63, 3.8) is 0 Å². The number of aliphatic carboxylic acids is 1. The predicted molar refractivity (Wildman–Crippen MR) is 107 cm³/mol. The minimum absolute atomic E-state index is 0.0298. The fraction of sp³-hybridized carbons (Fsp3) is 0.619. The lowest BCUT2D eigenvalue weighted by Crippen LogP contribution is -2.65. The van der Waals surface area contributed by atoms with Crippen molar-refractivity contribution in [1.82, 2.24) is 4.90 Å². The molecule has 3 unspecified atom stereocenters. The zero-order valence-corrected chi connectivity index (χ0v) is 17.1. The SMILES string of the molecule is NC12CCN(C(=O)OC3CCCCC3)CC1C(CC(=O)O)c1cc(Cl)ccc1O2. The second-order valence-electron chi connectivity index (χ2n) is 8.39. The van der Waals surface area contributed by atoms with E-state index in [0.717, 1.165) is 31.2 Å². The van der Waals surface area contributed by atoms with E-state index in [9.17, 15) is 14.7 Å². The van der Waals surface area contributed by atoms with Crippen molar-refractivity contribution >= 4 is 23.7 Å². The number of carbonyl (C=O) groups excluding carboxylic acids is 1. The van der Waals surface area contributed by atoms with Crippen molar-refractivity contribution in [3.05, 3.63) is 28.8 Å². The summed E-state index contributed by atoms with van der Waals surface area (Å²) in [7, 11) is 0. The van der Waals surface area contributed by atoms with Gasteiger partial charge >= 0.3 is 12.1 Å². The smallest absolute Gasteiger partial charge is 0.410 e. The molecule has 1 saturated carbocycles. The zero-order valence-electron chi connectivity index (χ0n) is 16.3. The van der Waals surface area contributed by atoms with Crippen molar-refractivity contribution in [2.45, 2.75) is 62.7 Å². The van der Waals surface area contributed by atoms with Crippen LogP contribution in [0, 0.1) is 5.92 Å². The highest BCUT2D eigenvalue weighted by Crippen LogP contribution is 2.48. The summed E-state index contributed by atoms with van der Waals surface area (Å²) in [5.41, 5.74) is 6.31. The lowest BCUT2D eigenvalue weighted by molar-refractivity contribution is -0.139. The third kappa shape index (κ3) is 4.16. The van der Waals surface area contributed by atoms with E-state index in [0.29, 0.717) is 30.3 Å². The summed E-state index contributed by atoms with van der Waals surface area (Å²) < 4.78 is 11.8. The number of benzene rings is 1. The molecule has 29 heavy (non-hydrogen) atoms. The standard InChI is InChI=1S/C21H27ClN2O5/c22-13-6-7-18-16(10-13)15(11-19(25)26)17-12-24(9-8-21(17,23)29-18)20(27)28-14-4-2-1-3-5-14/h6-7,10,14-15,17H,1-5,8-9,11-12,23H2,(H,25,26). The first-order chi connectivity index (χ1) is 13.9. The number of carbonyl (C=O) groups is 2. The number of rotatable bonds is 3. The van der Waals surface area contributed by atoms with E-state index in [1.165, 1.54) is 6.42 Å². The fourth-order valence-electron chi connectivity index (χ4n) is 4.90. The molecule has 7 nitrogen and oxygen atoms in total. The lowest BCUT2D eigenvalue weighted by atomic mass is 9.72. The summed E-state index contributed by atoms with van der Waals surface area (Å²) in [6.07, 6.45) is 5.09. The number of hydrogen-bond donors (Lipinski definition) is 2. The molecule has 3 atom stereocenters. The summed E-state index contributed by atoms with van der Waals surface area (Å²) in [6, 6.07) is 5.18. The van der Waals surface area contributed by atoms with E-state index < -0.39 is 17.6 Å².